The van der Waals surface area contributed by atoms with Gasteiger partial charge in [-0.3, -0.25) is 0 Å². The molecule has 0 radical (unpaired) electrons. The molecule has 0 N–H and O–H groups in total. The fraction of sp³-hybridized carbons (Fsp3) is 0.314. The summed E-state index contributed by atoms with van der Waals surface area (Å²) in [4.78, 5) is 0. The maximum Gasteiger partial charge on any atom is -0.000627 e. The highest BCUT2D eigenvalue weighted by Gasteiger charge is 2.32. The lowest BCUT2D eigenvalue weighted by atomic mass is 9.68. The van der Waals surface area contributed by atoms with Crippen LogP contribution in [-0.2, 0) is 5.41 Å². The summed E-state index contributed by atoms with van der Waals surface area (Å²) in [6, 6.07) is 25.2. The Hall–Kier alpha value is -3.12. The molecule has 0 aromatic heterocycles. The summed E-state index contributed by atoms with van der Waals surface area (Å²) in [6.07, 6.45) is 14.7. The first-order valence-corrected chi connectivity index (χ1v) is 13.1. The summed E-state index contributed by atoms with van der Waals surface area (Å²) in [5.74, 6) is 0. The maximum absolute atomic E-state index is 3.00. The first kappa shape index (κ1) is 28.1. The van der Waals surface area contributed by atoms with E-state index in [2.05, 4.69) is 139 Å². The second-order valence-electron chi connectivity index (χ2n) is 9.43. The van der Waals surface area contributed by atoms with E-state index in [1.807, 2.05) is 0 Å². The second kappa shape index (κ2) is 14.3. The van der Waals surface area contributed by atoms with E-state index in [0.29, 0.717) is 0 Å². The molecule has 35 heavy (non-hydrogen) atoms. The van der Waals surface area contributed by atoms with E-state index >= 15 is 0 Å². The molecule has 0 heteroatoms. The van der Waals surface area contributed by atoms with Gasteiger partial charge in [0.2, 0.25) is 0 Å². The molecule has 0 aliphatic rings. The molecule has 0 bridgehead atoms. The van der Waals surface area contributed by atoms with Crippen molar-refractivity contribution in [3.8, 4) is 22.3 Å². The lowest BCUT2D eigenvalue weighted by Crippen LogP contribution is -2.26. The molecule has 0 aliphatic carbocycles. The molecule has 0 saturated heterocycles. The predicted octanol–water partition coefficient (Wildman–Crippen LogP) is 10.8. The van der Waals surface area contributed by atoms with Crippen LogP contribution in [0, 0.1) is 13.8 Å². The molecule has 0 unspecified atom stereocenters. The van der Waals surface area contributed by atoms with Gasteiger partial charge in [0.1, 0.15) is 0 Å². The number of rotatable bonds is 10. The zero-order chi connectivity index (χ0) is 25.7. The highest BCUT2D eigenvalue weighted by atomic mass is 14.4. The number of allylic oxidation sites excluding steroid dienone is 4. The van der Waals surface area contributed by atoms with Crippen LogP contribution >= 0.6 is 0 Å². The Morgan fingerprint density at radius 3 is 1.71 bits per heavy atom. The molecule has 0 atom stereocenters. The lowest BCUT2D eigenvalue weighted by Gasteiger charge is -2.36. The Bertz CT molecular complexity index is 1070. The van der Waals surface area contributed by atoms with Crippen molar-refractivity contribution < 1.29 is 0 Å². The normalized spacial score (nSPS) is 11.6. The standard InChI is InChI=1S/C33H40.C2H4/c1-6-9-10-11-24-33(22-7-2,23-8-3)32-25-30(28-16-12-26(4)13-17-28)20-21-31(32)29-18-14-27(5)15-19-29;1-2/h6,9-21,25H,7-8,22-24H2,1-5H3;1-2H2/b9-6-,11-10-;. The SMILES string of the molecule is C/C=C\C=C/CC(CCC)(CCC)c1cc(-c2ccc(C)cc2)ccc1-c1ccc(C)cc1.C=C. The van der Waals surface area contributed by atoms with Crippen LogP contribution in [0.5, 0.6) is 0 Å². The van der Waals surface area contributed by atoms with Gasteiger partial charge >= 0.3 is 0 Å². The number of aryl methyl sites for hydroxylation is 2. The van der Waals surface area contributed by atoms with E-state index in [-0.39, 0.29) is 5.41 Å². The van der Waals surface area contributed by atoms with Gasteiger partial charge in [-0.05, 0) is 79.3 Å². The van der Waals surface area contributed by atoms with Crippen LogP contribution in [0.15, 0.2) is 104 Å². The van der Waals surface area contributed by atoms with Crippen LogP contribution in [0.2, 0.25) is 0 Å². The molecule has 0 saturated carbocycles. The van der Waals surface area contributed by atoms with Gasteiger partial charge in [0.15, 0.2) is 0 Å². The van der Waals surface area contributed by atoms with Crippen LogP contribution in [0.1, 0.15) is 69.6 Å². The molecule has 0 nitrogen and oxygen atoms in total. The minimum atomic E-state index is 0.127. The summed E-state index contributed by atoms with van der Waals surface area (Å²) in [6.45, 7) is 17.1. The topological polar surface area (TPSA) is 0 Å². The smallest absolute Gasteiger partial charge is 0.000627 e. The van der Waals surface area contributed by atoms with Gasteiger partial charge in [-0.1, -0.05) is 123 Å². The Morgan fingerprint density at radius 1 is 0.686 bits per heavy atom. The van der Waals surface area contributed by atoms with Gasteiger partial charge < -0.3 is 0 Å². The molecule has 184 valence electrons. The van der Waals surface area contributed by atoms with Gasteiger partial charge in [0, 0.05) is 0 Å². The third-order valence-corrected chi connectivity index (χ3v) is 6.74. The van der Waals surface area contributed by atoms with Crippen molar-refractivity contribution in [2.75, 3.05) is 0 Å². The van der Waals surface area contributed by atoms with Gasteiger partial charge in [-0.25, -0.2) is 0 Å². The second-order valence-corrected chi connectivity index (χ2v) is 9.43. The zero-order valence-electron chi connectivity index (χ0n) is 22.6. The number of benzene rings is 3. The summed E-state index contributed by atoms with van der Waals surface area (Å²) in [7, 11) is 0. The molecule has 3 rings (SSSR count). The van der Waals surface area contributed by atoms with Gasteiger partial charge in [-0.15, -0.1) is 13.2 Å². The highest BCUT2D eigenvalue weighted by molar-refractivity contribution is 5.75. The average molecular weight is 465 g/mol. The number of hydrogen-bond donors (Lipinski definition) is 0. The summed E-state index contributed by atoms with van der Waals surface area (Å²) >= 11 is 0. The Balaban J connectivity index is 0.00000210. The van der Waals surface area contributed by atoms with Gasteiger partial charge in [0.05, 0.1) is 0 Å². The van der Waals surface area contributed by atoms with Gasteiger partial charge in [0.25, 0.3) is 0 Å². The summed E-state index contributed by atoms with van der Waals surface area (Å²) in [5.41, 5.74) is 9.54. The zero-order valence-corrected chi connectivity index (χ0v) is 22.6. The van der Waals surface area contributed by atoms with E-state index in [1.165, 1.54) is 64.6 Å². The summed E-state index contributed by atoms with van der Waals surface area (Å²) in [5, 5.41) is 0. The van der Waals surface area contributed by atoms with Crippen molar-refractivity contribution in [2.24, 2.45) is 0 Å². The number of hydrogen-bond acceptors (Lipinski definition) is 0. The molecule has 3 aromatic carbocycles. The highest BCUT2D eigenvalue weighted by Crippen LogP contribution is 2.44. The van der Waals surface area contributed by atoms with Crippen molar-refractivity contribution in [3.63, 3.8) is 0 Å². The summed E-state index contributed by atoms with van der Waals surface area (Å²) < 4.78 is 0. The predicted molar refractivity (Wildman–Crippen MR) is 158 cm³/mol. The Morgan fingerprint density at radius 2 is 1.20 bits per heavy atom. The van der Waals surface area contributed by atoms with E-state index in [1.54, 1.807) is 0 Å². The first-order valence-electron chi connectivity index (χ1n) is 13.1. The van der Waals surface area contributed by atoms with E-state index in [9.17, 15) is 0 Å². The van der Waals surface area contributed by atoms with Crippen molar-refractivity contribution in [1.82, 2.24) is 0 Å². The van der Waals surface area contributed by atoms with Crippen molar-refractivity contribution in [2.45, 2.75) is 72.1 Å². The fourth-order valence-corrected chi connectivity index (χ4v) is 5.04. The van der Waals surface area contributed by atoms with Gasteiger partial charge in [-0.2, -0.15) is 0 Å². The largest absolute Gasteiger partial charge is 0.106 e. The minimum absolute atomic E-state index is 0.127. The van der Waals surface area contributed by atoms with E-state index in [4.69, 9.17) is 0 Å². The Labute approximate surface area is 215 Å². The minimum Gasteiger partial charge on any atom is -0.106 e. The van der Waals surface area contributed by atoms with E-state index in [0.717, 1.165) is 6.42 Å². The van der Waals surface area contributed by atoms with Crippen molar-refractivity contribution in [3.05, 3.63) is 121 Å². The third kappa shape index (κ3) is 7.43. The maximum atomic E-state index is 3.00. The molecule has 0 fully saturated rings. The monoisotopic (exact) mass is 464 g/mol. The van der Waals surface area contributed by atoms with Crippen LogP contribution in [-0.4, -0.2) is 0 Å². The quantitative estimate of drug-likeness (QED) is 0.207. The Kier molecular flexibility index (Phi) is 11.5. The van der Waals surface area contributed by atoms with Crippen molar-refractivity contribution >= 4 is 0 Å². The third-order valence-electron chi connectivity index (χ3n) is 6.74. The molecule has 0 heterocycles. The molecule has 0 spiro atoms. The lowest BCUT2D eigenvalue weighted by molar-refractivity contribution is 0.360. The molecular formula is C35H44. The van der Waals surface area contributed by atoms with Crippen LogP contribution in [0.4, 0.5) is 0 Å². The van der Waals surface area contributed by atoms with Crippen LogP contribution in [0.25, 0.3) is 22.3 Å². The first-order chi connectivity index (χ1) is 17.0. The van der Waals surface area contributed by atoms with Crippen molar-refractivity contribution in [1.29, 1.82) is 0 Å². The molecule has 3 aromatic rings. The fourth-order valence-electron chi connectivity index (χ4n) is 5.04. The average Bonchev–Trinajstić information content (AvgIpc) is 2.89. The van der Waals surface area contributed by atoms with E-state index < -0.39 is 0 Å². The molecule has 0 amide bonds. The molecule has 0 aliphatic heterocycles. The molecular weight excluding hydrogens is 420 g/mol. The van der Waals surface area contributed by atoms with Crippen LogP contribution < -0.4 is 0 Å². The van der Waals surface area contributed by atoms with Crippen LogP contribution in [0.3, 0.4) is 0 Å².